The van der Waals surface area contributed by atoms with Crippen LogP contribution in [0, 0.1) is 0 Å². The fourth-order valence-electron chi connectivity index (χ4n) is 3.79. The first-order chi connectivity index (χ1) is 15.3. The first-order valence-corrected chi connectivity index (χ1v) is 10.0. The van der Waals surface area contributed by atoms with Crippen molar-refractivity contribution in [3.63, 3.8) is 0 Å². The fraction of sp³-hybridized carbons (Fsp3) is 0.130. The highest BCUT2D eigenvalue weighted by atomic mass is 16.6. The predicted molar refractivity (Wildman–Crippen MR) is 117 cm³/mol. The van der Waals surface area contributed by atoms with Gasteiger partial charge < -0.3 is 24.9 Å². The maximum absolute atomic E-state index is 5.73. The number of benzene rings is 2. The minimum atomic E-state index is 0.369. The zero-order valence-electron chi connectivity index (χ0n) is 16.5. The van der Waals surface area contributed by atoms with Crippen molar-refractivity contribution in [2.45, 2.75) is 6.54 Å². The van der Waals surface area contributed by atoms with Crippen LogP contribution in [0.4, 0.5) is 11.6 Å². The largest absolute Gasteiger partial charge is 0.486 e. The van der Waals surface area contributed by atoms with E-state index in [1.165, 1.54) is 0 Å². The van der Waals surface area contributed by atoms with Crippen LogP contribution in [0.1, 0.15) is 5.76 Å². The minimum absolute atomic E-state index is 0.369. The number of anilines is 2. The molecule has 0 saturated heterocycles. The summed E-state index contributed by atoms with van der Waals surface area (Å²) in [5.74, 6) is 2.76. The van der Waals surface area contributed by atoms with Gasteiger partial charge in [0.15, 0.2) is 17.1 Å². The number of nitrogens with one attached hydrogen (secondary N) is 1. The van der Waals surface area contributed by atoms with Gasteiger partial charge in [-0.2, -0.15) is 4.98 Å². The van der Waals surface area contributed by atoms with Crippen LogP contribution in [0.2, 0.25) is 0 Å². The maximum atomic E-state index is 5.73. The van der Waals surface area contributed by atoms with Crippen molar-refractivity contribution >= 4 is 28.3 Å². The molecule has 0 unspecified atom stereocenters. The monoisotopic (exact) mass is 413 g/mol. The Hall–Kier alpha value is -4.04. The number of hydrogen-bond donors (Lipinski definition) is 2. The van der Waals surface area contributed by atoms with E-state index >= 15 is 0 Å². The smallest absolute Gasteiger partial charge is 0.247 e. The average molecular weight is 413 g/mol. The highest BCUT2D eigenvalue weighted by Gasteiger charge is 2.15. The Kier molecular flexibility index (Phi) is 4.03. The number of pyridine rings is 1. The number of nitrogens with zero attached hydrogens (tertiary/aromatic N) is 3. The molecule has 0 spiro atoms. The predicted octanol–water partition coefficient (Wildman–Crippen LogP) is 4.12. The molecule has 1 aliphatic heterocycles. The third-order valence-electron chi connectivity index (χ3n) is 5.22. The summed E-state index contributed by atoms with van der Waals surface area (Å²) in [4.78, 5) is 4.62. The molecule has 2 aromatic carbocycles. The molecule has 154 valence electrons. The third kappa shape index (κ3) is 3.13. The van der Waals surface area contributed by atoms with Gasteiger partial charge in [0.25, 0.3) is 0 Å². The lowest BCUT2D eigenvalue weighted by atomic mass is 10.1. The van der Waals surface area contributed by atoms with E-state index in [1.807, 2.05) is 65.2 Å². The van der Waals surface area contributed by atoms with Crippen LogP contribution < -0.4 is 20.5 Å². The van der Waals surface area contributed by atoms with E-state index in [-0.39, 0.29) is 0 Å². The Morgan fingerprint density at radius 2 is 1.87 bits per heavy atom. The van der Waals surface area contributed by atoms with Gasteiger partial charge in [-0.15, -0.1) is 5.10 Å². The van der Waals surface area contributed by atoms with E-state index in [9.17, 15) is 0 Å². The minimum Gasteiger partial charge on any atom is -0.486 e. The molecule has 5 aromatic rings. The zero-order chi connectivity index (χ0) is 20.8. The van der Waals surface area contributed by atoms with Crippen molar-refractivity contribution in [1.82, 2.24) is 14.6 Å². The molecule has 6 rings (SSSR count). The third-order valence-corrected chi connectivity index (χ3v) is 5.22. The highest BCUT2D eigenvalue weighted by molar-refractivity contribution is 5.82. The SMILES string of the molecule is NCc1cc2cc(Nc3nc4cccc(-c5ccc6c(c5)OCCO6)n4n3)ccc2o1. The summed E-state index contributed by atoms with van der Waals surface area (Å²) in [6.45, 7) is 1.48. The van der Waals surface area contributed by atoms with Crippen LogP contribution in [0.3, 0.4) is 0 Å². The molecule has 0 bridgehead atoms. The fourth-order valence-corrected chi connectivity index (χ4v) is 3.79. The molecule has 0 atom stereocenters. The van der Waals surface area contributed by atoms with Gasteiger partial charge in [-0.25, -0.2) is 4.52 Å². The Balaban J connectivity index is 1.36. The second kappa shape index (κ2) is 7.03. The van der Waals surface area contributed by atoms with Crippen LogP contribution in [0.15, 0.2) is 65.1 Å². The van der Waals surface area contributed by atoms with E-state index in [0.29, 0.717) is 25.7 Å². The van der Waals surface area contributed by atoms with Gasteiger partial charge in [-0.05, 0) is 54.6 Å². The number of nitrogens with two attached hydrogens (primary N) is 1. The number of rotatable bonds is 4. The lowest BCUT2D eigenvalue weighted by Crippen LogP contribution is -2.15. The molecule has 8 heteroatoms. The normalized spacial score (nSPS) is 13.1. The molecule has 31 heavy (non-hydrogen) atoms. The summed E-state index contributed by atoms with van der Waals surface area (Å²) in [6, 6.07) is 19.6. The molecule has 0 amide bonds. The molecule has 0 saturated carbocycles. The maximum Gasteiger partial charge on any atom is 0.247 e. The van der Waals surface area contributed by atoms with E-state index in [0.717, 1.165) is 50.8 Å². The quantitative estimate of drug-likeness (QED) is 0.457. The molecule has 0 radical (unpaired) electrons. The number of furan rings is 1. The van der Waals surface area contributed by atoms with E-state index in [2.05, 4.69) is 15.4 Å². The van der Waals surface area contributed by atoms with Crippen LogP contribution in [-0.2, 0) is 6.54 Å². The molecular formula is C23H19N5O3. The molecule has 8 nitrogen and oxygen atoms in total. The second-order valence-electron chi connectivity index (χ2n) is 7.27. The van der Waals surface area contributed by atoms with Gasteiger partial charge in [0.05, 0.1) is 12.2 Å². The van der Waals surface area contributed by atoms with Crippen molar-refractivity contribution < 1.29 is 13.9 Å². The first kappa shape index (κ1) is 17.8. The van der Waals surface area contributed by atoms with E-state index in [4.69, 9.17) is 19.6 Å². The van der Waals surface area contributed by atoms with Crippen LogP contribution in [0.5, 0.6) is 11.5 Å². The topological polar surface area (TPSA) is 99.8 Å². The first-order valence-electron chi connectivity index (χ1n) is 10.0. The van der Waals surface area contributed by atoms with E-state index in [1.54, 1.807) is 0 Å². The van der Waals surface area contributed by atoms with Gasteiger partial charge in [-0.1, -0.05) is 6.07 Å². The van der Waals surface area contributed by atoms with Crippen LogP contribution >= 0.6 is 0 Å². The second-order valence-corrected chi connectivity index (χ2v) is 7.27. The summed E-state index contributed by atoms with van der Waals surface area (Å²) in [5.41, 5.74) is 9.96. The van der Waals surface area contributed by atoms with Crippen LogP contribution in [-0.4, -0.2) is 27.8 Å². The van der Waals surface area contributed by atoms with Gasteiger partial charge >= 0.3 is 0 Å². The Morgan fingerprint density at radius 1 is 0.968 bits per heavy atom. The van der Waals surface area contributed by atoms with Gasteiger partial charge in [0.2, 0.25) is 5.95 Å². The Morgan fingerprint density at radius 3 is 2.77 bits per heavy atom. The van der Waals surface area contributed by atoms with Crippen LogP contribution in [0.25, 0.3) is 27.9 Å². The molecule has 3 aromatic heterocycles. The van der Waals surface area contributed by atoms with Crippen molar-refractivity contribution in [3.05, 3.63) is 66.4 Å². The summed E-state index contributed by atoms with van der Waals surface area (Å²) in [6.07, 6.45) is 0. The highest BCUT2D eigenvalue weighted by Crippen LogP contribution is 2.34. The van der Waals surface area contributed by atoms with Crippen molar-refractivity contribution in [3.8, 4) is 22.8 Å². The van der Waals surface area contributed by atoms with E-state index < -0.39 is 0 Å². The molecular weight excluding hydrogens is 394 g/mol. The summed E-state index contributed by atoms with van der Waals surface area (Å²) >= 11 is 0. The molecule has 1 aliphatic rings. The standard InChI is InChI=1S/C23H19N5O3/c24-13-17-11-15-10-16(5-7-19(15)31-17)25-23-26-22-3-1-2-18(28(22)27-23)14-4-6-20-21(12-14)30-9-8-29-20/h1-7,10-12H,8-9,13,24H2,(H,25,27). The molecule has 3 N–H and O–H groups in total. The Bertz CT molecular complexity index is 1420. The van der Waals surface area contributed by atoms with Gasteiger partial charge in [0.1, 0.15) is 24.6 Å². The summed E-state index contributed by atoms with van der Waals surface area (Å²) in [5, 5.41) is 8.94. The van der Waals surface area contributed by atoms with Crippen molar-refractivity contribution in [2.24, 2.45) is 5.73 Å². The number of aromatic nitrogens is 3. The van der Waals surface area contributed by atoms with Gasteiger partial charge in [0, 0.05) is 16.6 Å². The molecule has 4 heterocycles. The Labute approximate surface area is 177 Å². The van der Waals surface area contributed by atoms with Crippen molar-refractivity contribution in [1.29, 1.82) is 0 Å². The molecule has 0 fully saturated rings. The summed E-state index contributed by atoms with van der Waals surface area (Å²) < 4.78 is 18.8. The lowest BCUT2D eigenvalue weighted by molar-refractivity contribution is 0.171. The lowest BCUT2D eigenvalue weighted by Gasteiger charge is -2.19. The zero-order valence-corrected chi connectivity index (χ0v) is 16.5. The van der Waals surface area contributed by atoms with Crippen molar-refractivity contribution in [2.75, 3.05) is 18.5 Å². The number of ether oxygens (including phenoxy) is 2. The summed E-state index contributed by atoms with van der Waals surface area (Å²) in [7, 11) is 0. The molecule has 0 aliphatic carbocycles. The number of fused-ring (bicyclic) bond motifs is 3. The average Bonchev–Trinajstić information content (AvgIpc) is 3.41. The number of hydrogen-bond acceptors (Lipinski definition) is 7. The van der Waals surface area contributed by atoms with Gasteiger partial charge in [-0.3, -0.25) is 0 Å².